The predicted octanol–water partition coefficient (Wildman–Crippen LogP) is 3.00. The van der Waals surface area contributed by atoms with Crippen LogP contribution in [0.5, 0.6) is 0 Å². The lowest BCUT2D eigenvalue weighted by molar-refractivity contribution is 0.0594. The zero-order chi connectivity index (χ0) is 14.0. The van der Waals surface area contributed by atoms with Crippen molar-refractivity contribution in [1.29, 1.82) is 5.26 Å². The number of morpholine rings is 1. The van der Waals surface area contributed by atoms with Crippen LogP contribution in [0.2, 0.25) is 0 Å². The molecule has 20 heavy (non-hydrogen) atoms. The molecule has 3 nitrogen and oxygen atoms in total. The van der Waals surface area contributed by atoms with Crippen molar-refractivity contribution in [3.8, 4) is 6.07 Å². The van der Waals surface area contributed by atoms with Gasteiger partial charge in [-0.15, -0.1) is 0 Å². The maximum absolute atomic E-state index is 9.15. The molecule has 1 aliphatic rings. The topological polar surface area (TPSA) is 36.3 Å². The van der Waals surface area contributed by atoms with Gasteiger partial charge in [0.1, 0.15) is 0 Å². The van der Waals surface area contributed by atoms with Gasteiger partial charge < -0.3 is 9.64 Å². The van der Waals surface area contributed by atoms with E-state index in [0.29, 0.717) is 5.57 Å². The number of hydrogen-bond donors (Lipinski definition) is 0. The van der Waals surface area contributed by atoms with Crippen LogP contribution in [0.3, 0.4) is 0 Å². The molecule has 1 aliphatic heterocycles. The van der Waals surface area contributed by atoms with Crippen molar-refractivity contribution in [2.75, 3.05) is 26.3 Å². The normalized spacial score (nSPS) is 16.8. The summed E-state index contributed by atoms with van der Waals surface area (Å²) in [6.07, 6.45) is 9.71. The van der Waals surface area contributed by atoms with Crippen LogP contribution in [0.4, 0.5) is 0 Å². The van der Waals surface area contributed by atoms with Crippen molar-refractivity contribution in [2.45, 2.75) is 0 Å². The highest BCUT2D eigenvalue weighted by molar-refractivity contribution is 5.77. The summed E-state index contributed by atoms with van der Waals surface area (Å²) in [4.78, 5) is 2.22. The van der Waals surface area contributed by atoms with Crippen LogP contribution in [0.15, 0.2) is 60.8 Å². The third-order valence-corrected chi connectivity index (χ3v) is 3.03. The summed E-state index contributed by atoms with van der Waals surface area (Å²) in [6.45, 7) is 3.46. The van der Waals surface area contributed by atoms with Crippen molar-refractivity contribution in [3.63, 3.8) is 0 Å². The first-order valence-corrected chi connectivity index (χ1v) is 6.72. The van der Waals surface area contributed by atoms with Gasteiger partial charge in [-0.25, -0.2) is 0 Å². The molecular formula is C17H18N2O. The second kappa shape index (κ2) is 7.98. The summed E-state index contributed by atoms with van der Waals surface area (Å²) in [5.74, 6) is 0. The summed E-state index contributed by atoms with van der Waals surface area (Å²) in [7, 11) is 0. The van der Waals surface area contributed by atoms with E-state index >= 15 is 0 Å². The van der Waals surface area contributed by atoms with Crippen molar-refractivity contribution >= 4 is 5.57 Å². The van der Waals surface area contributed by atoms with Crippen LogP contribution >= 0.6 is 0 Å². The van der Waals surface area contributed by atoms with Gasteiger partial charge in [0.25, 0.3) is 0 Å². The first-order valence-electron chi connectivity index (χ1n) is 6.72. The molecule has 0 amide bonds. The fourth-order valence-corrected chi connectivity index (χ4v) is 1.93. The Kier molecular flexibility index (Phi) is 5.63. The molecular weight excluding hydrogens is 248 g/mol. The lowest BCUT2D eigenvalue weighted by Crippen LogP contribution is -2.31. The summed E-state index contributed by atoms with van der Waals surface area (Å²) in [6, 6.07) is 11.9. The Balaban J connectivity index is 1.92. The molecule has 1 aromatic rings. The SMILES string of the molecule is N#C/C(=C/C=C/C=C/N1CCOCC1)c1ccccc1. The molecule has 0 bridgehead atoms. The van der Waals surface area contributed by atoms with Gasteiger partial charge in [0.15, 0.2) is 0 Å². The van der Waals surface area contributed by atoms with Crippen molar-refractivity contribution in [3.05, 3.63) is 66.4 Å². The summed E-state index contributed by atoms with van der Waals surface area (Å²) in [5, 5.41) is 9.15. The van der Waals surface area contributed by atoms with Gasteiger partial charge in [0.05, 0.1) is 24.9 Å². The maximum atomic E-state index is 9.15. The number of allylic oxidation sites excluding steroid dienone is 5. The van der Waals surface area contributed by atoms with Crippen molar-refractivity contribution in [2.24, 2.45) is 0 Å². The largest absolute Gasteiger partial charge is 0.378 e. The lowest BCUT2D eigenvalue weighted by Gasteiger charge is -2.24. The van der Waals surface area contributed by atoms with Gasteiger partial charge in [-0.3, -0.25) is 0 Å². The van der Waals surface area contributed by atoms with E-state index in [-0.39, 0.29) is 0 Å². The fraction of sp³-hybridized carbons (Fsp3) is 0.235. The smallest absolute Gasteiger partial charge is 0.0997 e. The Morgan fingerprint density at radius 2 is 1.85 bits per heavy atom. The molecule has 1 fully saturated rings. The number of rotatable bonds is 4. The molecule has 1 aromatic carbocycles. The molecule has 0 saturated carbocycles. The maximum Gasteiger partial charge on any atom is 0.0997 e. The van der Waals surface area contributed by atoms with E-state index < -0.39 is 0 Å². The van der Waals surface area contributed by atoms with E-state index in [2.05, 4.69) is 17.2 Å². The highest BCUT2D eigenvalue weighted by atomic mass is 16.5. The van der Waals surface area contributed by atoms with Crippen molar-refractivity contribution < 1.29 is 4.74 Å². The average Bonchev–Trinajstić information content (AvgIpc) is 2.53. The van der Waals surface area contributed by atoms with Crippen molar-refractivity contribution in [1.82, 2.24) is 4.90 Å². The van der Waals surface area contributed by atoms with Crippen LogP contribution in [0.1, 0.15) is 5.56 Å². The highest BCUT2D eigenvalue weighted by Gasteiger charge is 2.04. The second-order valence-corrected chi connectivity index (χ2v) is 4.43. The van der Waals surface area contributed by atoms with Crippen LogP contribution in [0.25, 0.3) is 5.57 Å². The van der Waals surface area contributed by atoms with Gasteiger partial charge in [-0.05, 0) is 23.9 Å². The Morgan fingerprint density at radius 1 is 1.10 bits per heavy atom. The van der Waals surface area contributed by atoms with Crippen LogP contribution in [0, 0.1) is 11.3 Å². The number of benzene rings is 1. The van der Waals surface area contributed by atoms with E-state index in [1.807, 2.05) is 54.6 Å². The third-order valence-electron chi connectivity index (χ3n) is 3.03. The van der Waals surface area contributed by atoms with E-state index in [4.69, 9.17) is 10.00 Å². The minimum atomic E-state index is 0.668. The van der Waals surface area contributed by atoms with E-state index in [1.54, 1.807) is 0 Å². The molecule has 0 radical (unpaired) electrons. The minimum absolute atomic E-state index is 0.668. The Labute approximate surface area is 120 Å². The molecule has 0 aromatic heterocycles. The van der Waals surface area contributed by atoms with Crippen LogP contribution in [-0.2, 0) is 4.74 Å². The van der Waals surface area contributed by atoms with Crippen LogP contribution < -0.4 is 0 Å². The molecule has 0 spiro atoms. The van der Waals surface area contributed by atoms with Gasteiger partial charge in [-0.2, -0.15) is 5.26 Å². The molecule has 0 aliphatic carbocycles. The highest BCUT2D eigenvalue weighted by Crippen LogP contribution is 2.12. The molecule has 1 saturated heterocycles. The molecule has 0 N–H and O–H groups in total. The first kappa shape index (κ1) is 14.1. The van der Waals surface area contributed by atoms with Gasteiger partial charge >= 0.3 is 0 Å². The third kappa shape index (κ3) is 4.42. The van der Waals surface area contributed by atoms with E-state index in [1.165, 1.54) is 0 Å². The van der Waals surface area contributed by atoms with Crippen LogP contribution in [-0.4, -0.2) is 31.2 Å². The Hall–Kier alpha value is -2.31. The molecule has 0 unspecified atom stereocenters. The quantitative estimate of drug-likeness (QED) is 0.621. The van der Waals surface area contributed by atoms with E-state index in [0.717, 1.165) is 31.9 Å². The molecule has 0 atom stereocenters. The molecule has 102 valence electrons. The molecule has 3 heteroatoms. The molecule has 1 heterocycles. The lowest BCUT2D eigenvalue weighted by atomic mass is 10.1. The molecule has 2 rings (SSSR count). The Morgan fingerprint density at radius 3 is 2.55 bits per heavy atom. The zero-order valence-electron chi connectivity index (χ0n) is 11.4. The summed E-state index contributed by atoms with van der Waals surface area (Å²) >= 11 is 0. The number of nitriles is 1. The standard InChI is InChI=1S/C17H18N2O/c18-15-17(16-7-3-1-4-8-16)9-5-2-6-10-19-11-13-20-14-12-19/h1-10H,11-14H2/b5-2+,10-6+,17-9-. The second-order valence-electron chi connectivity index (χ2n) is 4.43. The fourth-order valence-electron chi connectivity index (χ4n) is 1.93. The number of hydrogen-bond acceptors (Lipinski definition) is 3. The van der Waals surface area contributed by atoms with E-state index in [9.17, 15) is 0 Å². The summed E-state index contributed by atoms with van der Waals surface area (Å²) < 4.78 is 5.28. The van der Waals surface area contributed by atoms with Gasteiger partial charge in [0.2, 0.25) is 0 Å². The predicted molar refractivity (Wildman–Crippen MR) is 80.7 cm³/mol. The van der Waals surface area contributed by atoms with Gasteiger partial charge in [0, 0.05) is 13.1 Å². The minimum Gasteiger partial charge on any atom is -0.378 e. The summed E-state index contributed by atoms with van der Waals surface area (Å²) in [5.41, 5.74) is 1.61. The first-order chi connectivity index (χ1) is 9.90. The average molecular weight is 266 g/mol. The van der Waals surface area contributed by atoms with Gasteiger partial charge in [-0.1, -0.05) is 42.5 Å². The monoisotopic (exact) mass is 266 g/mol. The number of ether oxygens (including phenoxy) is 1. The Bertz CT molecular complexity index is 532. The number of nitrogens with zero attached hydrogens (tertiary/aromatic N) is 2. The zero-order valence-corrected chi connectivity index (χ0v) is 11.4.